The second kappa shape index (κ2) is 5.17. The topological polar surface area (TPSA) is 26.6 Å². The second-order valence-electron chi connectivity index (χ2n) is 4.77. The molecule has 1 aromatic carbocycles. The van der Waals surface area contributed by atoms with Gasteiger partial charge in [0, 0.05) is 25.6 Å². The molecule has 0 saturated carbocycles. The molecule has 0 aliphatic carbocycles. The first-order valence-corrected chi connectivity index (χ1v) is 6.48. The Morgan fingerprint density at radius 3 is 2.65 bits per heavy atom. The molecule has 2 atom stereocenters. The van der Waals surface area contributed by atoms with E-state index in [1.54, 1.807) is 0 Å². The van der Waals surface area contributed by atoms with Crippen LogP contribution in [0.3, 0.4) is 0 Å². The predicted octanol–water partition coefficient (Wildman–Crippen LogP) is 1.44. The minimum Gasteiger partial charge on any atom is -0.379 e. The Labute approximate surface area is 103 Å². The minimum atomic E-state index is 0.376. The predicted molar refractivity (Wildman–Crippen MR) is 67.0 cm³/mol. The van der Waals surface area contributed by atoms with Crippen LogP contribution in [-0.2, 0) is 4.74 Å². The number of hydrogen-bond donors (Lipinski definition) is 0. The third-order valence-electron chi connectivity index (χ3n) is 3.76. The maximum atomic E-state index is 5.42. The zero-order valence-electron chi connectivity index (χ0n) is 10.1. The minimum absolute atomic E-state index is 0.376. The van der Waals surface area contributed by atoms with E-state index < -0.39 is 0 Å². The molecule has 0 N–H and O–H groups in total. The number of hydrogen-bond acceptors (Lipinski definition) is 2. The molecule has 1 aromatic rings. The number of benzene rings is 1. The molecule has 3 rings (SSSR count). The van der Waals surface area contributed by atoms with Crippen LogP contribution in [0.5, 0.6) is 0 Å². The highest BCUT2D eigenvalue weighted by Gasteiger charge is 2.34. The van der Waals surface area contributed by atoms with Gasteiger partial charge < -0.3 is 4.74 Å². The molecule has 0 bridgehead atoms. The molecule has 2 heterocycles. The van der Waals surface area contributed by atoms with Crippen molar-refractivity contribution >= 4 is 0 Å². The fourth-order valence-electron chi connectivity index (χ4n) is 2.87. The highest BCUT2D eigenvalue weighted by molar-refractivity contribution is 5.22. The lowest BCUT2D eigenvalue weighted by molar-refractivity contribution is 0.00875. The Balaban J connectivity index is 1.75. The fraction of sp³-hybridized carbons (Fsp3) is 0.571. The summed E-state index contributed by atoms with van der Waals surface area (Å²) in [5, 5.41) is 4.79. The van der Waals surface area contributed by atoms with Crippen molar-refractivity contribution in [2.24, 2.45) is 0 Å². The van der Waals surface area contributed by atoms with Gasteiger partial charge >= 0.3 is 0 Å². The standard InChI is InChI=1S/C14H19N2O/c1-2-4-12(5-3-1)13-6-7-15-14(13)16-8-10-17-11-9-16/h1-5,13-14H,6-11H2/t13-,14-/m1/s1. The molecule has 0 spiro atoms. The molecule has 3 heteroatoms. The lowest BCUT2D eigenvalue weighted by atomic mass is 9.95. The largest absolute Gasteiger partial charge is 0.379 e. The van der Waals surface area contributed by atoms with E-state index in [-0.39, 0.29) is 0 Å². The quantitative estimate of drug-likeness (QED) is 0.770. The van der Waals surface area contributed by atoms with Crippen LogP contribution in [0.15, 0.2) is 30.3 Å². The van der Waals surface area contributed by atoms with Gasteiger partial charge in [0.2, 0.25) is 0 Å². The third kappa shape index (κ3) is 2.37. The normalized spacial score (nSPS) is 30.6. The summed E-state index contributed by atoms with van der Waals surface area (Å²) in [5.74, 6) is 0.578. The summed E-state index contributed by atoms with van der Waals surface area (Å²) < 4.78 is 5.42. The van der Waals surface area contributed by atoms with Gasteiger partial charge in [0.05, 0.1) is 19.4 Å². The molecule has 2 saturated heterocycles. The maximum absolute atomic E-state index is 5.42. The highest BCUT2D eigenvalue weighted by atomic mass is 16.5. The Kier molecular flexibility index (Phi) is 3.41. The van der Waals surface area contributed by atoms with Gasteiger partial charge in [-0.25, -0.2) is 5.32 Å². The van der Waals surface area contributed by atoms with E-state index >= 15 is 0 Å². The first kappa shape index (κ1) is 11.2. The Morgan fingerprint density at radius 2 is 1.88 bits per heavy atom. The van der Waals surface area contributed by atoms with E-state index in [9.17, 15) is 0 Å². The zero-order chi connectivity index (χ0) is 11.5. The van der Waals surface area contributed by atoms with E-state index in [0.29, 0.717) is 12.1 Å². The summed E-state index contributed by atoms with van der Waals surface area (Å²) in [4.78, 5) is 2.48. The van der Waals surface area contributed by atoms with Crippen LogP contribution in [0.1, 0.15) is 17.9 Å². The molecular formula is C14H19N2O. The fourth-order valence-corrected chi connectivity index (χ4v) is 2.87. The first-order chi connectivity index (χ1) is 8.45. The van der Waals surface area contributed by atoms with Crippen LogP contribution >= 0.6 is 0 Å². The molecule has 2 aliphatic heterocycles. The van der Waals surface area contributed by atoms with E-state index in [4.69, 9.17) is 10.1 Å². The summed E-state index contributed by atoms with van der Waals surface area (Å²) in [6.07, 6.45) is 1.56. The summed E-state index contributed by atoms with van der Waals surface area (Å²) in [6.45, 7) is 4.76. The number of nitrogens with zero attached hydrogens (tertiary/aromatic N) is 2. The smallest absolute Gasteiger partial charge is 0.0832 e. The average Bonchev–Trinajstić information content (AvgIpc) is 2.90. The second-order valence-corrected chi connectivity index (χ2v) is 4.77. The van der Waals surface area contributed by atoms with Gasteiger partial charge in [-0.15, -0.1) is 0 Å². The average molecular weight is 231 g/mol. The molecule has 17 heavy (non-hydrogen) atoms. The number of morpholine rings is 1. The van der Waals surface area contributed by atoms with Crippen LogP contribution in [0.4, 0.5) is 0 Å². The summed E-state index contributed by atoms with van der Waals surface area (Å²) in [7, 11) is 0. The van der Waals surface area contributed by atoms with Crippen molar-refractivity contribution in [3.8, 4) is 0 Å². The van der Waals surface area contributed by atoms with Crippen molar-refractivity contribution in [1.82, 2.24) is 10.2 Å². The van der Waals surface area contributed by atoms with Crippen LogP contribution in [0.25, 0.3) is 0 Å². The molecular weight excluding hydrogens is 212 g/mol. The van der Waals surface area contributed by atoms with Gasteiger partial charge in [-0.3, -0.25) is 4.90 Å². The van der Waals surface area contributed by atoms with Gasteiger partial charge in [-0.05, 0) is 12.0 Å². The Hall–Kier alpha value is -0.900. The van der Waals surface area contributed by atoms with Crippen molar-refractivity contribution in [2.45, 2.75) is 18.5 Å². The molecule has 0 aromatic heterocycles. The summed E-state index contributed by atoms with van der Waals surface area (Å²) in [6, 6.07) is 10.8. The van der Waals surface area contributed by atoms with Crippen molar-refractivity contribution in [2.75, 3.05) is 32.8 Å². The summed E-state index contributed by atoms with van der Waals surface area (Å²) in [5.41, 5.74) is 1.44. The molecule has 0 unspecified atom stereocenters. The lowest BCUT2D eigenvalue weighted by Gasteiger charge is -2.34. The Morgan fingerprint density at radius 1 is 1.12 bits per heavy atom. The van der Waals surface area contributed by atoms with E-state index in [2.05, 4.69) is 35.2 Å². The van der Waals surface area contributed by atoms with Gasteiger partial charge in [-0.1, -0.05) is 30.3 Å². The van der Waals surface area contributed by atoms with Crippen molar-refractivity contribution < 1.29 is 4.74 Å². The van der Waals surface area contributed by atoms with Gasteiger partial charge in [-0.2, -0.15) is 0 Å². The number of ether oxygens (including phenoxy) is 1. The van der Waals surface area contributed by atoms with Gasteiger partial charge in [0.15, 0.2) is 0 Å². The molecule has 3 nitrogen and oxygen atoms in total. The van der Waals surface area contributed by atoms with Crippen molar-refractivity contribution in [1.29, 1.82) is 0 Å². The summed E-state index contributed by atoms with van der Waals surface area (Å²) >= 11 is 0. The molecule has 1 radical (unpaired) electrons. The van der Waals surface area contributed by atoms with Crippen molar-refractivity contribution in [3.05, 3.63) is 35.9 Å². The molecule has 91 valence electrons. The SMILES string of the molecule is c1ccc([C@H]2CC[N][C@@H]2N2CCOCC2)cc1. The van der Waals surface area contributed by atoms with E-state index in [1.807, 2.05) is 0 Å². The number of rotatable bonds is 2. The molecule has 2 fully saturated rings. The van der Waals surface area contributed by atoms with Crippen LogP contribution in [0, 0.1) is 0 Å². The zero-order valence-corrected chi connectivity index (χ0v) is 10.1. The van der Waals surface area contributed by atoms with Gasteiger partial charge in [0.25, 0.3) is 0 Å². The van der Waals surface area contributed by atoms with E-state index in [1.165, 1.54) is 12.0 Å². The van der Waals surface area contributed by atoms with Crippen LogP contribution in [-0.4, -0.2) is 43.9 Å². The molecule has 2 aliphatic rings. The van der Waals surface area contributed by atoms with Crippen LogP contribution in [0.2, 0.25) is 0 Å². The van der Waals surface area contributed by atoms with Crippen LogP contribution < -0.4 is 5.32 Å². The molecule has 0 amide bonds. The Bertz CT molecular complexity index is 348. The lowest BCUT2D eigenvalue weighted by Crippen LogP contribution is -2.47. The highest BCUT2D eigenvalue weighted by Crippen LogP contribution is 2.30. The van der Waals surface area contributed by atoms with E-state index in [0.717, 1.165) is 32.8 Å². The monoisotopic (exact) mass is 231 g/mol. The van der Waals surface area contributed by atoms with Crippen molar-refractivity contribution in [3.63, 3.8) is 0 Å². The first-order valence-electron chi connectivity index (χ1n) is 6.48. The third-order valence-corrected chi connectivity index (χ3v) is 3.76. The van der Waals surface area contributed by atoms with Gasteiger partial charge in [0.1, 0.15) is 0 Å². The maximum Gasteiger partial charge on any atom is 0.0832 e.